The number of phenols is 1. The van der Waals surface area contributed by atoms with Crippen LogP contribution >= 0.6 is 0 Å². The fourth-order valence-electron chi connectivity index (χ4n) is 5.45. The number of carbonyl (C=O) groups is 2. The largest absolute Gasteiger partial charge is 0.507 e. The fraction of sp³-hybridized carbons (Fsp3) is 0.423. The quantitative estimate of drug-likeness (QED) is 0.539. The molecule has 3 aromatic rings. The van der Waals surface area contributed by atoms with Crippen LogP contribution in [0.4, 0.5) is 5.69 Å². The molecule has 0 unspecified atom stereocenters. The highest BCUT2D eigenvalue weighted by atomic mass is 16.3. The smallest absolute Gasteiger partial charge is 0.274 e. The van der Waals surface area contributed by atoms with E-state index < -0.39 is 0 Å². The van der Waals surface area contributed by atoms with Crippen molar-refractivity contribution in [1.29, 1.82) is 0 Å². The third-order valence-corrected chi connectivity index (χ3v) is 7.44. The van der Waals surface area contributed by atoms with Gasteiger partial charge in [0.2, 0.25) is 0 Å². The zero-order valence-electron chi connectivity index (χ0n) is 19.7. The Kier molecular flexibility index (Phi) is 5.56. The number of piperidine rings is 1. The second kappa shape index (κ2) is 8.88. The molecule has 0 aliphatic carbocycles. The van der Waals surface area contributed by atoms with Gasteiger partial charge < -0.3 is 25.1 Å². The summed E-state index contributed by atoms with van der Waals surface area (Å²) in [6.45, 7) is 6.32. The van der Waals surface area contributed by atoms with Crippen molar-refractivity contribution in [3.8, 4) is 5.75 Å². The van der Waals surface area contributed by atoms with Crippen LogP contribution in [0.15, 0.2) is 30.3 Å². The number of nitrogens with zero attached hydrogens (tertiary/aromatic N) is 4. The number of anilines is 1. The van der Waals surface area contributed by atoms with Gasteiger partial charge in [-0.1, -0.05) is 6.07 Å². The summed E-state index contributed by atoms with van der Waals surface area (Å²) in [5, 5.41) is 21.7. The number of phenolic OH excluding ortho intramolecular Hbond substituents is 1. The molecule has 4 heterocycles. The van der Waals surface area contributed by atoms with Gasteiger partial charge in [0.05, 0.1) is 11.1 Å². The zero-order chi connectivity index (χ0) is 23.9. The summed E-state index contributed by atoms with van der Waals surface area (Å²) in [4.78, 5) is 32.5. The van der Waals surface area contributed by atoms with Crippen LogP contribution in [0.1, 0.15) is 51.2 Å². The van der Waals surface area contributed by atoms with E-state index >= 15 is 0 Å². The van der Waals surface area contributed by atoms with Crippen LogP contribution in [-0.4, -0.2) is 76.2 Å². The molecule has 2 saturated heterocycles. The Balaban J connectivity index is 1.25. The van der Waals surface area contributed by atoms with Crippen LogP contribution < -0.4 is 10.2 Å². The van der Waals surface area contributed by atoms with E-state index in [1.807, 2.05) is 4.90 Å². The van der Waals surface area contributed by atoms with Crippen LogP contribution in [0.2, 0.25) is 0 Å². The number of benzene rings is 2. The number of hydrogen-bond donors (Lipinski definition) is 3. The first-order valence-electron chi connectivity index (χ1n) is 12.5. The van der Waals surface area contributed by atoms with Gasteiger partial charge in [-0.25, -0.2) is 0 Å². The van der Waals surface area contributed by atoms with Gasteiger partial charge in [0, 0.05) is 69.5 Å². The van der Waals surface area contributed by atoms with Gasteiger partial charge in [-0.2, -0.15) is 5.10 Å². The van der Waals surface area contributed by atoms with Gasteiger partial charge in [-0.05, 0) is 48.6 Å². The van der Waals surface area contributed by atoms with Gasteiger partial charge in [0.15, 0.2) is 5.69 Å². The fourth-order valence-corrected chi connectivity index (χ4v) is 5.45. The highest BCUT2D eigenvalue weighted by Crippen LogP contribution is 2.32. The lowest BCUT2D eigenvalue weighted by molar-refractivity contribution is 0.0717. The predicted octanol–water partition coefficient (Wildman–Crippen LogP) is 2.46. The standard InChI is InChI=1S/C26H30N6O3/c33-23-14-22-20(24(29-28-22)26(35)31-8-2-1-3-9-31)13-21(23)25(34)32-15-17-4-5-19(12-18(17)16-32)30-10-6-27-7-11-30/h4-5,12-14,27,33H,1-3,6-11,15-16H2,(H,28,29). The number of nitrogens with one attached hydrogen (secondary N) is 2. The molecule has 35 heavy (non-hydrogen) atoms. The Morgan fingerprint density at radius 2 is 1.63 bits per heavy atom. The first kappa shape index (κ1) is 21.9. The van der Waals surface area contributed by atoms with Crippen LogP contribution in [0.25, 0.3) is 10.9 Å². The van der Waals surface area contributed by atoms with E-state index in [1.165, 1.54) is 11.8 Å². The molecule has 3 aliphatic heterocycles. The molecule has 0 atom stereocenters. The van der Waals surface area contributed by atoms with Crippen molar-refractivity contribution in [3.63, 3.8) is 0 Å². The summed E-state index contributed by atoms with van der Waals surface area (Å²) in [6, 6.07) is 9.53. The molecule has 3 aliphatic rings. The number of rotatable bonds is 3. The SMILES string of the molecule is O=C(c1cc2c(C(=O)N3CCCCC3)n[nH]c2cc1O)N1Cc2ccc(N3CCNCC3)cc2C1. The average Bonchev–Trinajstić information content (AvgIpc) is 3.52. The normalized spacial score (nSPS) is 18.2. The monoisotopic (exact) mass is 474 g/mol. The molecule has 0 spiro atoms. The number of hydrogen-bond acceptors (Lipinski definition) is 6. The number of H-pyrrole nitrogens is 1. The van der Waals surface area contributed by atoms with E-state index in [0.29, 0.717) is 29.7 Å². The molecule has 2 aromatic carbocycles. The molecule has 3 N–H and O–H groups in total. The highest BCUT2D eigenvalue weighted by molar-refractivity contribution is 6.08. The number of fused-ring (bicyclic) bond motifs is 2. The molecule has 9 nitrogen and oxygen atoms in total. The molecule has 1 aromatic heterocycles. The summed E-state index contributed by atoms with van der Waals surface area (Å²) < 4.78 is 0. The Hall–Kier alpha value is -3.59. The molecular formula is C26H30N6O3. The van der Waals surface area contributed by atoms with Gasteiger partial charge in [-0.15, -0.1) is 0 Å². The van der Waals surface area contributed by atoms with Gasteiger partial charge in [0.1, 0.15) is 5.75 Å². The lowest BCUT2D eigenvalue weighted by Crippen LogP contribution is -2.43. The van der Waals surface area contributed by atoms with Gasteiger partial charge in [0.25, 0.3) is 11.8 Å². The third kappa shape index (κ3) is 3.99. The summed E-state index contributed by atoms with van der Waals surface area (Å²) in [7, 11) is 0. The van der Waals surface area contributed by atoms with Crippen molar-refractivity contribution < 1.29 is 14.7 Å². The minimum atomic E-state index is -0.248. The Labute approximate surface area is 203 Å². The molecule has 9 heteroatoms. The summed E-state index contributed by atoms with van der Waals surface area (Å²) in [5.41, 5.74) is 4.50. The van der Waals surface area contributed by atoms with Crippen molar-refractivity contribution in [2.24, 2.45) is 0 Å². The van der Waals surface area contributed by atoms with Gasteiger partial charge in [-0.3, -0.25) is 14.7 Å². The number of aromatic hydroxyl groups is 1. The lowest BCUT2D eigenvalue weighted by atomic mass is 10.1. The second-order valence-electron chi connectivity index (χ2n) is 9.69. The topological polar surface area (TPSA) is 105 Å². The van der Waals surface area contributed by atoms with Crippen molar-refractivity contribution in [2.45, 2.75) is 32.4 Å². The van der Waals surface area contributed by atoms with Gasteiger partial charge >= 0.3 is 0 Å². The lowest BCUT2D eigenvalue weighted by Gasteiger charge is -2.29. The summed E-state index contributed by atoms with van der Waals surface area (Å²) >= 11 is 0. The molecular weight excluding hydrogens is 444 g/mol. The third-order valence-electron chi connectivity index (χ3n) is 7.44. The maximum Gasteiger partial charge on any atom is 0.274 e. The number of aromatic amines is 1. The number of likely N-dealkylation sites (tertiary alicyclic amines) is 1. The van der Waals surface area contributed by atoms with Crippen molar-refractivity contribution in [1.82, 2.24) is 25.3 Å². The summed E-state index contributed by atoms with van der Waals surface area (Å²) in [6.07, 6.45) is 3.11. The Bertz CT molecular complexity index is 1290. The maximum atomic E-state index is 13.5. The van der Waals surface area contributed by atoms with E-state index in [4.69, 9.17) is 0 Å². The highest BCUT2D eigenvalue weighted by Gasteiger charge is 2.29. The molecule has 2 amide bonds. The van der Waals surface area contributed by atoms with Crippen LogP contribution in [0.3, 0.4) is 0 Å². The molecule has 2 fully saturated rings. The second-order valence-corrected chi connectivity index (χ2v) is 9.69. The van der Waals surface area contributed by atoms with E-state index in [2.05, 4.69) is 38.6 Å². The molecule has 0 radical (unpaired) electrons. The Morgan fingerprint density at radius 3 is 2.43 bits per heavy atom. The minimum Gasteiger partial charge on any atom is -0.507 e. The van der Waals surface area contributed by atoms with E-state index in [-0.39, 0.29) is 23.1 Å². The molecule has 0 saturated carbocycles. The van der Waals surface area contributed by atoms with Crippen molar-refractivity contribution in [2.75, 3.05) is 44.2 Å². The van der Waals surface area contributed by atoms with E-state index in [9.17, 15) is 14.7 Å². The van der Waals surface area contributed by atoms with Crippen LogP contribution in [0, 0.1) is 0 Å². The van der Waals surface area contributed by atoms with Crippen molar-refractivity contribution >= 4 is 28.4 Å². The number of amides is 2. The number of aromatic nitrogens is 2. The minimum absolute atomic E-state index is 0.111. The molecule has 6 rings (SSSR count). The number of carbonyl (C=O) groups excluding carboxylic acids is 2. The molecule has 182 valence electrons. The van der Waals surface area contributed by atoms with E-state index in [1.54, 1.807) is 11.0 Å². The average molecular weight is 475 g/mol. The first-order valence-corrected chi connectivity index (χ1v) is 12.5. The van der Waals surface area contributed by atoms with Crippen molar-refractivity contribution in [3.05, 3.63) is 52.7 Å². The Morgan fingerprint density at radius 1 is 0.857 bits per heavy atom. The van der Waals surface area contributed by atoms with Crippen LogP contribution in [0.5, 0.6) is 5.75 Å². The van der Waals surface area contributed by atoms with E-state index in [0.717, 1.165) is 69.7 Å². The maximum absolute atomic E-state index is 13.5. The summed E-state index contributed by atoms with van der Waals surface area (Å²) in [5.74, 6) is -0.489. The van der Waals surface area contributed by atoms with Crippen LogP contribution in [-0.2, 0) is 13.1 Å². The zero-order valence-corrected chi connectivity index (χ0v) is 19.7. The molecule has 0 bridgehead atoms. The first-order chi connectivity index (χ1) is 17.1. The predicted molar refractivity (Wildman–Crippen MR) is 133 cm³/mol. The number of piperazine rings is 1.